The number of hydrogen-bond acceptors (Lipinski definition) is 4. The SMILES string of the molecule is CN(C(=O)CC1CCCC1)c1ccc2c(c1)nc(NC(=O)/C=C/c1ccccc1)n2CCC(N)=O. The van der Waals surface area contributed by atoms with Crippen LogP contribution in [0.3, 0.4) is 0 Å². The molecule has 0 bridgehead atoms. The number of rotatable bonds is 9. The van der Waals surface area contributed by atoms with Gasteiger partial charge in [0.15, 0.2) is 0 Å². The number of carbonyl (C=O) groups excluding carboxylic acids is 3. The van der Waals surface area contributed by atoms with Crippen molar-refractivity contribution in [2.75, 3.05) is 17.3 Å². The first-order valence-corrected chi connectivity index (χ1v) is 12.0. The van der Waals surface area contributed by atoms with Crippen LogP contribution in [0, 0.1) is 5.92 Å². The second kappa shape index (κ2) is 11.0. The van der Waals surface area contributed by atoms with Crippen LogP contribution in [0.4, 0.5) is 11.6 Å². The average molecular weight is 474 g/mol. The van der Waals surface area contributed by atoms with E-state index in [0.717, 1.165) is 29.6 Å². The van der Waals surface area contributed by atoms with Gasteiger partial charge in [0.25, 0.3) is 5.91 Å². The van der Waals surface area contributed by atoms with Crippen LogP contribution < -0.4 is 16.0 Å². The zero-order valence-electron chi connectivity index (χ0n) is 19.9. The Morgan fingerprint density at radius 3 is 2.60 bits per heavy atom. The molecule has 0 atom stereocenters. The molecule has 8 nitrogen and oxygen atoms in total. The van der Waals surface area contributed by atoms with E-state index in [1.165, 1.54) is 18.9 Å². The van der Waals surface area contributed by atoms with E-state index < -0.39 is 5.91 Å². The van der Waals surface area contributed by atoms with Gasteiger partial charge in [0.05, 0.1) is 11.0 Å². The van der Waals surface area contributed by atoms with Gasteiger partial charge in [-0.25, -0.2) is 4.98 Å². The summed E-state index contributed by atoms with van der Waals surface area (Å²) in [6.07, 6.45) is 8.45. The fourth-order valence-corrected chi connectivity index (χ4v) is 4.50. The van der Waals surface area contributed by atoms with E-state index in [9.17, 15) is 14.4 Å². The molecular formula is C27H31N5O3. The Labute approximate surface area is 204 Å². The molecule has 0 radical (unpaired) electrons. The number of aromatic nitrogens is 2. The van der Waals surface area contributed by atoms with Gasteiger partial charge in [-0.15, -0.1) is 0 Å². The van der Waals surface area contributed by atoms with Crippen LogP contribution in [-0.2, 0) is 20.9 Å². The van der Waals surface area contributed by atoms with Crippen molar-refractivity contribution in [3.8, 4) is 0 Å². The zero-order chi connectivity index (χ0) is 24.8. The molecule has 4 rings (SSSR count). The molecule has 2 aromatic carbocycles. The summed E-state index contributed by atoms with van der Waals surface area (Å²) in [4.78, 5) is 43.1. The number of carbonyl (C=O) groups is 3. The summed E-state index contributed by atoms with van der Waals surface area (Å²) in [6, 6.07) is 15.0. The van der Waals surface area contributed by atoms with Gasteiger partial charge < -0.3 is 15.2 Å². The number of nitrogens with two attached hydrogens (primary N) is 1. The number of fused-ring (bicyclic) bond motifs is 1. The second-order valence-corrected chi connectivity index (χ2v) is 9.02. The number of nitrogens with zero attached hydrogens (tertiary/aromatic N) is 3. The first-order chi connectivity index (χ1) is 16.9. The minimum atomic E-state index is -0.443. The summed E-state index contributed by atoms with van der Waals surface area (Å²) in [7, 11) is 1.78. The second-order valence-electron chi connectivity index (χ2n) is 9.02. The fourth-order valence-electron chi connectivity index (χ4n) is 4.50. The molecule has 35 heavy (non-hydrogen) atoms. The molecule has 182 valence electrons. The summed E-state index contributed by atoms with van der Waals surface area (Å²) in [5.41, 5.74) is 8.37. The van der Waals surface area contributed by atoms with E-state index in [1.54, 1.807) is 22.6 Å². The first kappa shape index (κ1) is 24.2. The van der Waals surface area contributed by atoms with E-state index >= 15 is 0 Å². The third-order valence-electron chi connectivity index (χ3n) is 6.47. The van der Waals surface area contributed by atoms with E-state index in [-0.39, 0.29) is 24.8 Å². The minimum absolute atomic E-state index is 0.0870. The molecule has 1 fully saturated rings. The quantitative estimate of drug-likeness (QED) is 0.456. The maximum absolute atomic E-state index is 12.8. The molecule has 3 amide bonds. The van der Waals surface area contributed by atoms with E-state index in [1.807, 2.05) is 48.5 Å². The number of imidazole rings is 1. The van der Waals surface area contributed by atoms with E-state index in [2.05, 4.69) is 10.3 Å². The van der Waals surface area contributed by atoms with Crippen LogP contribution in [0.2, 0.25) is 0 Å². The lowest BCUT2D eigenvalue weighted by molar-refractivity contribution is -0.119. The fraction of sp³-hybridized carbons (Fsp3) is 0.333. The predicted octanol–water partition coefficient (Wildman–Crippen LogP) is 4.11. The highest BCUT2D eigenvalue weighted by atomic mass is 16.2. The standard InChI is InChI=1S/C27H31N5O3/c1-31(26(35)17-20-9-5-6-10-20)21-12-13-23-22(18-21)29-27(32(23)16-15-24(28)33)30-25(34)14-11-19-7-3-2-4-8-19/h2-4,7-8,11-14,18,20H,5-6,9-10,15-17H2,1H3,(H2,28,33)(H,29,30,34)/b14-11+. The molecule has 1 aromatic heterocycles. The number of nitrogens with one attached hydrogen (secondary N) is 1. The molecule has 3 aromatic rings. The molecule has 1 heterocycles. The highest BCUT2D eigenvalue weighted by Gasteiger charge is 2.22. The molecule has 3 N–H and O–H groups in total. The van der Waals surface area contributed by atoms with Crippen molar-refractivity contribution in [2.24, 2.45) is 11.7 Å². The largest absolute Gasteiger partial charge is 0.370 e. The topological polar surface area (TPSA) is 110 Å². The molecule has 1 saturated carbocycles. The number of hydrogen-bond donors (Lipinski definition) is 2. The molecule has 1 aliphatic rings. The van der Waals surface area contributed by atoms with E-state index in [4.69, 9.17) is 5.73 Å². The van der Waals surface area contributed by atoms with Gasteiger partial charge in [-0.05, 0) is 48.6 Å². The molecule has 0 unspecified atom stereocenters. The lowest BCUT2D eigenvalue weighted by Gasteiger charge is -2.19. The van der Waals surface area contributed by atoms with Crippen molar-refractivity contribution in [2.45, 2.75) is 45.1 Å². The Balaban J connectivity index is 1.56. The molecule has 8 heteroatoms. The smallest absolute Gasteiger partial charge is 0.250 e. The first-order valence-electron chi connectivity index (χ1n) is 12.0. The third kappa shape index (κ3) is 6.15. The normalized spacial score (nSPS) is 14.0. The van der Waals surface area contributed by atoms with Crippen LogP contribution in [0.5, 0.6) is 0 Å². The maximum atomic E-state index is 12.8. The summed E-state index contributed by atoms with van der Waals surface area (Å²) in [5, 5.41) is 2.81. The zero-order valence-corrected chi connectivity index (χ0v) is 19.9. The van der Waals surface area contributed by atoms with Crippen LogP contribution in [0.25, 0.3) is 17.1 Å². The maximum Gasteiger partial charge on any atom is 0.250 e. The number of aryl methyl sites for hydroxylation is 1. The predicted molar refractivity (Wildman–Crippen MR) is 138 cm³/mol. The van der Waals surface area contributed by atoms with Gasteiger partial charge in [-0.3, -0.25) is 19.7 Å². The van der Waals surface area contributed by atoms with Gasteiger partial charge in [-0.2, -0.15) is 0 Å². The van der Waals surface area contributed by atoms with Gasteiger partial charge in [0.2, 0.25) is 17.8 Å². The Morgan fingerprint density at radius 2 is 1.89 bits per heavy atom. The van der Waals surface area contributed by atoms with Crippen LogP contribution in [0.15, 0.2) is 54.6 Å². The van der Waals surface area contributed by atoms with Gasteiger partial charge in [-0.1, -0.05) is 43.2 Å². The highest BCUT2D eigenvalue weighted by Crippen LogP contribution is 2.30. The van der Waals surface area contributed by atoms with Crippen molar-refractivity contribution in [3.05, 3.63) is 60.2 Å². The lowest BCUT2D eigenvalue weighted by Crippen LogP contribution is -2.27. The number of amides is 3. The summed E-state index contributed by atoms with van der Waals surface area (Å²) in [6.45, 7) is 0.277. The highest BCUT2D eigenvalue weighted by molar-refractivity contribution is 6.02. The number of anilines is 2. The van der Waals surface area contributed by atoms with E-state index in [0.29, 0.717) is 23.8 Å². The Kier molecular flexibility index (Phi) is 7.60. The van der Waals surface area contributed by atoms with Crippen molar-refractivity contribution >= 4 is 46.5 Å². The minimum Gasteiger partial charge on any atom is -0.370 e. The van der Waals surface area contributed by atoms with Crippen molar-refractivity contribution in [1.82, 2.24) is 9.55 Å². The summed E-state index contributed by atoms with van der Waals surface area (Å²) in [5.74, 6) is 0.0907. The summed E-state index contributed by atoms with van der Waals surface area (Å²) >= 11 is 0. The monoisotopic (exact) mass is 473 g/mol. The lowest BCUT2D eigenvalue weighted by atomic mass is 10.0. The van der Waals surface area contributed by atoms with Gasteiger partial charge in [0, 0.05) is 38.2 Å². The Bertz CT molecular complexity index is 1240. The van der Waals surface area contributed by atoms with Crippen LogP contribution in [0.1, 0.15) is 44.1 Å². The molecular weight excluding hydrogens is 442 g/mol. The molecule has 0 aliphatic heterocycles. The molecule has 1 aliphatic carbocycles. The van der Waals surface area contributed by atoms with Crippen molar-refractivity contribution < 1.29 is 14.4 Å². The van der Waals surface area contributed by atoms with Gasteiger partial charge >= 0.3 is 0 Å². The average Bonchev–Trinajstić information content (AvgIpc) is 3.48. The Morgan fingerprint density at radius 1 is 1.14 bits per heavy atom. The van der Waals surface area contributed by atoms with Crippen molar-refractivity contribution in [3.63, 3.8) is 0 Å². The third-order valence-corrected chi connectivity index (χ3v) is 6.47. The number of primary amides is 1. The molecule has 0 saturated heterocycles. The van der Waals surface area contributed by atoms with Crippen molar-refractivity contribution in [1.29, 1.82) is 0 Å². The van der Waals surface area contributed by atoms with Crippen LogP contribution >= 0.6 is 0 Å². The molecule has 0 spiro atoms. The van der Waals surface area contributed by atoms with Crippen LogP contribution in [-0.4, -0.2) is 34.3 Å². The number of benzene rings is 2. The summed E-state index contributed by atoms with van der Waals surface area (Å²) < 4.78 is 1.76. The Hall–Kier alpha value is -3.94. The van der Waals surface area contributed by atoms with Gasteiger partial charge in [0.1, 0.15) is 0 Å².